The van der Waals surface area contributed by atoms with Crippen LogP contribution in [0.25, 0.3) is 5.65 Å². The smallest absolute Gasteiger partial charge is 0.137 e. The molecule has 0 aliphatic heterocycles. The molecule has 0 aliphatic rings. The summed E-state index contributed by atoms with van der Waals surface area (Å²) in [6, 6.07) is 6.08. The second-order valence-electron chi connectivity index (χ2n) is 2.93. The van der Waals surface area contributed by atoms with Crippen LogP contribution < -0.4 is 0 Å². The minimum Gasteiger partial charge on any atom is -0.304 e. The predicted molar refractivity (Wildman–Crippen MR) is 60.7 cm³/mol. The van der Waals surface area contributed by atoms with Crippen LogP contribution in [0.1, 0.15) is 32.2 Å². The molecule has 2 aromatic heterocycles. The summed E-state index contributed by atoms with van der Waals surface area (Å²) in [6.07, 6.45) is 3.06. The molecule has 0 aromatic carbocycles. The molecular weight excluding hydrogens is 172 g/mol. The minimum absolute atomic E-state index is 1.01. The molecule has 0 radical (unpaired) electrons. The van der Waals surface area contributed by atoms with Crippen LogP contribution in [0.5, 0.6) is 0 Å². The van der Waals surface area contributed by atoms with Crippen LogP contribution in [0.15, 0.2) is 24.4 Å². The van der Waals surface area contributed by atoms with Crippen molar-refractivity contribution in [3.63, 3.8) is 0 Å². The zero-order chi connectivity index (χ0) is 10.6. The quantitative estimate of drug-likeness (QED) is 0.675. The van der Waals surface area contributed by atoms with Crippen molar-refractivity contribution >= 4 is 5.65 Å². The number of fused-ring (bicyclic) bond motifs is 1. The number of hydrogen-bond acceptors (Lipinski definition) is 1. The highest BCUT2D eigenvalue weighted by molar-refractivity contribution is 5.42. The van der Waals surface area contributed by atoms with E-state index in [0.29, 0.717) is 0 Å². The molecule has 0 unspecified atom stereocenters. The first-order valence-electron chi connectivity index (χ1n) is 5.25. The number of aromatic nitrogens is 2. The summed E-state index contributed by atoms with van der Waals surface area (Å²) in [5.74, 6) is 0. The molecule has 2 aromatic rings. The van der Waals surface area contributed by atoms with E-state index in [1.807, 2.05) is 32.0 Å². The summed E-state index contributed by atoms with van der Waals surface area (Å²) in [5.41, 5.74) is 3.50. The molecule has 0 atom stereocenters. The van der Waals surface area contributed by atoms with Gasteiger partial charge in [-0.15, -0.1) is 0 Å². The molecule has 2 heterocycles. The maximum Gasteiger partial charge on any atom is 0.137 e. The third-order valence-electron chi connectivity index (χ3n) is 2.20. The Hall–Kier alpha value is -1.31. The first-order valence-corrected chi connectivity index (χ1v) is 5.25. The topological polar surface area (TPSA) is 17.3 Å². The van der Waals surface area contributed by atoms with Crippen molar-refractivity contribution < 1.29 is 0 Å². The molecular formula is C12H18N2. The zero-order valence-corrected chi connectivity index (χ0v) is 9.41. The van der Waals surface area contributed by atoms with E-state index in [-0.39, 0.29) is 0 Å². The first kappa shape index (κ1) is 10.8. The Morgan fingerprint density at radius 3 is 2.57 bits per heavy atom. The highest BCUT2D eigenvalue weighted by Crippen LogP contribution is 2.11. The standard InChI is InChI=1S/C10H12N2.C2H6/c1-3-9-8(2)12-7-5-4-6-10(12)11-9;1-2/h4-7H,3H2,1-2H3;1-2H3. The van der Waals surface area contributed by atoms with E-state index < -0.39 is 0 Å². The SMILES string of the molecule is CC.CCc1nc2ccccn2c1C. The Morgan fingerprint density at radius 2 is 2.00 bits per heavy atom. The Balaban J connectivity index is 0.000000461. The van der Waals surface area contributed by atoms with Gasteiger partial charge in [-0.2, -0.15) is 0 Å². The monoisotopic (exact) mass is 190 g/mol. The average Bonchev–Trinajstić information content (AvgIpc) is 2.59. The van der Waals surface area contributed by atoms with Gasteiger partial charge in [0, 0.05) is 11.9 Å². The van der Waals surface area contributed by atoms with Gasteiger partial charge in [0.15, 0.2) is 0 Å². The average molecular weight is 190 g/mol. The first-order chi connectivity index (χ1) is 6.83. The lowest BCUT2D eigenvalue weighted by Gasteiger charge is -1.94. The van der Waals surface area contributed by atoms with E-state index in [0.717, 1.165) is 12.1 Å². The molecule has 0 aliphatic carbocycles. The van der Waals surface area contributed by atoms with Crippen molar-refractivity contribution in [2.24, 2.45) is 0 Å². The van der Waals surface area contributed by atoms with Gasteiger partial charge in [0.25, 0.3) is 0 Å². The normalized spacial score (nSPS) is 9.71. The number of aryl methyl sites for hydroxylation is 2. The largest absolute Gasteiger partial charge is 0.304 e. The van der Waals surface area contributed by atoms with Crippen LogP contribution in [-0.2, 0) is 6.42 Å². The van der Waals surface area contributed by atoms with Crippen LogP contribution >= 0.6 is 0 Å². The Labute approximate surface area is 85.6 Å². The van der Waals surface area contributed by atoms with Gasteiger partial charge in [-0.3, -0.25) is 0 Å². The van der Waals surface area contributed by atoms with E-state index >= 15 is 0 Å². The van der Waals surface area contributed by atoms with E-state index in [4.69, 9.17) is 0 Å². The number of pyridine rings is 1. The molecule has 2 nitrogen and oxygen atoms in total. The lowest BCUT2D eigenvalue weighted by Crippen LogP contribution is -1.87. The Bertz CT molecular complexity index is 402. The summed E-state index contributed by atoms with van der Waals surface area (Å²) in [4.78, 5) is 4.49. The van der Waals surface area contributed by atoms with Crippen LogP contribution in [-0.4, -0.2) is 9.38 Å². The molecule has 14 heavy (non-hydrogen) atoms. The Morgan fingerprint density at radius 1 is 1.29 bits per heavy atom. The molecule has 0 bridgehead atoms. The van der Waals surface area contributed by atoms with Crippen molar-refractivity contribution in [2.75, 3.05) is 0 Å². The number of rotatable bonds is 1. The third kappa shape index (κ3) is 1.79. The molecule has 0 saturated heterocycles. The highest BCUT2D eigenvalue weighted by atomic mass is 15.0. The summed E-state index contributed by atoms with van der Waals surface area (Å²) in [5, 5.41) is 0. The van der Waals surface area contributed by atoms with Gasteiger partial charge >= 0.3 is 0 Å². The predicted octanol–water partition coefficient (Wildman–Crippen LogP) is 3.23. The lowest BCUT2D eigenvalue weighted by molar-refractivity contribution is 1.02. The van der Waals surface area contributed by atoms with Gasteiger partial charge < -0.3 is 4.40 Å². The molecule has 0 amide bonds. The molecule has 76 valence electrons. The Kier molecular flexibility index (Phi) is 3.69. The van der Waals surface area contributed by atoms with Crippen LogP contribution in [0, 0.1) is 6.92 Å². The second kappa shape index (κ2) is 4.80. The fourth-order valence-corrected chi connectivity index (χ4v) is 1.50. The van der Waals surface area contributed by atoms with Gasteiger partial charge in [-0.05, 0) is 25.5 Å². The molecule has 2 rings (SSSR count). The van der Waals surface area contributed by atoms with Gasteiger partial charge in [0.1, 0.15) is 5.65 Å². The number of imidazole rings is 1. The van der Waals surface area contributed by atoms with E-state index in [9.17, 15) is 0 Å². The maximum atomic E-state index is 4.49. The third-order valence-corrected chi connectivity index (χ3v) is 2.20. The van der Waals surface area contributed by atoms with Gasteiger partial charge in [0.05, 0.1) is 5.69 Å². The number of nitrogens with zero attached hydrogens (tertiary/aromatic N) is 2. The molecule has 0 spiro atoms. The number of hydrogen-bond donors (Lipinski definition) is 0. The summed E-state index contributed by atoms with van der Waals surface area (Å²) in [6.45, 7) is 8.24. The van der Waals surface area contributed by atoms with Crippen molar-refractivity contribution in [1.82, 2.24) is 9.38 Å². The van der Waals surface area contributed by atoms with Crippen molar-refractivity contribution in [3.8, 4) is 0 Å². The molecule has 0 saturated carbocycles. The van der Waals surface area contributed by atoms with E-state index in [2.05, 4.69) is 29.4 Å². The van der Waals surface area contributed by atoms with Crippen LogP contribution in [0.4, 0.5) is 0 Å². The van der Waals surface area contributed by atoms with Gasteiger partial charge in [0.2, 0.25) is 0 Å². The van der Waals surface area contributed by atoms with Crippen molar-refractivity contribution in [2.45, 2.75) is 34.1 Å². The van der Waals surface area contributed by atoms with Gasteiger partial charge in [-0.25, -0.2) is 4.98 Å². The highest BCUT2D eigenvalue weighted by Gasteiger charge is 2.03. The van der Waals surface area contributed by atoms with Crippen LogP contribution in [0.3, 0.4) is 0 Å². The minimum atomic E-state index is 1.01. The van der Waals surface area contributed by atoms with Gasteiger partial charge in [-0.1, -0.05) is 26.8 Å². The van der Waals surface area contributed by atoms with Crippen LogP contribution in [0.2, 0.25) is 0 Å². The zero-order valence-electron chi connectivity index (χ0n) is 9.41. The molecule has 0 fully saturated rings. The summed E-state index contributed by atoms with van der Waals surface area (Å²) < 4.78 is 2.12. The van der Waals surface area contributed by atoms with Crippen molar-refractivity contribution in [3.05, 3.63) is 35.8 Å². The second-order valence-corrected chi connectivity index (χ2v) is 2.93. The summed E-state index contributed by atoms with van der Waals surface area (Å²) >= 11 is 0. The fourth-order valence-electron chi connectivity index (χ4n) is 1.50. The lowest BCUT2D eigenvalue weighted by atomic mass is 10.3. The molecule has 2 heteroatoms. The molecule has 0 N–H and O–H groups in total. The van der Waals surface area contributed by atoms with E-state index in [1.54, 1.807) is 0 Å². The van der Waals surface area contributed by atoms with E-state index in [1.165, 1.54) is 11.4 Å². The fraction of sp³-hybridized carbons (Fsp3) is 0.417. The summed E-state index contributed by atoms with van der Waals surface area (Å²) in [7, 11) is 0. The maximum absolute atomic E-state index is 4.49. The van der Waals surface area contributed by atoms with Crippen molar-refractivity contribution in [1.29, 1.82) is 0 Å².